The third-order valence-electron chi connectivity index (χ3n) is 5.06. The molecule has 3 heterocycles. The molecule has 0 spiro atoms. The summed E-state index contributed by atoms with van der Waals surface area (Å²) in [6.07, 6.45) is 4.08. The summed E-state index contributed by atoms with van der Waals surface area (Å²) in [5.41, 5.74) is 6.39. The van der Waals surface area contributed by atoms with Crippen molar-refractivity contribution >= 4 is 39.4 Å². The Hall–Kier alpha value is -3.92. The lowest BCUT2D eigenvalue weighted by molar-refractivity contribution is 0.588. The number of hydrogen-bond acceptors (Lipinski definition) is 5. The highest BCUT2D eigenvalue weighted by atomic mass is 35.5. The number of pyridine rings is 1. The Balaban J connectivity index is 0.000000226. The molecule has 3 aromatic heterocycles. The van der Waals surface area contributed by atoms with Crippen molar-refractivity contribution < 1.29 is 13.2 Å². The number of hydrogen-bond donors (Lipinski definition) is 2. The fourth-order valence-corrected chi connectivity index (χ4v) is 3.79. The number of nitrogen functional groups attached to an aromatic ring is 1. The van der Waals surface area contributed by atoms with E-state index in [1.807, 2.05) is 6.92 Å². The summed E-state index contributed by atoms with van der Waals surface area (Å²) in [5.74, 6) is -1.73. The van der Waals surface area contributed by atoms with Gasteiger partial charge in [0.1, 0.15) is 29.3 Å². The van der Waals surface area contributed by atoms with Gasteiger partial charge in [0, 0.05) is 11.8 Å². The third-order valence-corrected chi connectivity index (χ3v) is 5.43. The predicted octanol–water partition coefficient (Wildman–Crippen LogP) is 4.95. The molecule has 11 heteroatoms. The fraction of sp³-hybridized carbons (Fsp3) is 0.130. The van der Waals surface area contributed by atoms with Gasteiger partial charge >= 0.3 is 0 Å². The van der Waals surface area contributed by atoms with E-state index in [2.05, 4.69) is 19.9 Å². The molecule has 0 aliphatic carbocycles. The molecular formula is C23H18ClF3N6O. The number of rotatable bonds is 3. The van der Waals surface area contributed by atoms with Crippen molar-refractivity contribution in [2.24, 2.45) is 0 Å². The zero-order valence-corrected chi connectivity index (χ0v) is 18.6. The number of anilines is 1. The first-order valence-corrected chi connectivity index (χ1v) is 10.6. The van der Waals surface area contributed by atoms with Gasteiger partial charge in [0.05, 0.1) is 22.4 Å². The van der Waals surface area contributed by atoms with E-state index in [0.717, 1.165) is 22.8 Å². The molecule has 0 saturated heterocycles. The highest BCUT2D eigenvalue weighted by Crippen LogP contribution is 2.26. The number of fused-ring (bicyclic) bond motifs is 2. The summed E-state index contributed by atoms with van der Waals surface area (Å²) in [6.45, 7) is 1.90. The first-order valence-electron chi connectivity index (χ1n) is 10.2. The predicted molar refractivity (Wildman–Crippen MR) is 125 cm³/mol. The van der Waals surface area contributed by atoms with Crippen LogP contribution in [0.4, 0.5) is 19.0 Å². The number of imidazole rings is 1. The van der Waals surface area contributed by atoms with Gasteiger partial charge in [-0.25, -0.2) is 28.1 Å². The van der Waals surface area contributed by atoms with Crippen molar-refractivity contribution in [3.05, 3.63) is 87.6 Å². The van der Waals surface area contributed by atoms with E-state index in [1.54, 1.807) is 6.07 Å². The van der Waals surface area contributed by atoms with Crippen molar-refractivity contribution in [3.63, 3.8) is 0 Å². The molecule has 0 radical (unpaired) electrons. The lowest BCUT2D eigenvalue weighted by atomic mass is 10.1. The minimum Gasteiger partial charge on any atom is -0.382 e. The number of nitrogens with two attached hydrogens (primary N) is 1. The second-order valence-corrected chi connectivity index (χ2v) is 7.69. The van der Waals surface area contributed by atoms with Crippen LogP contribution in [0.1, 0.15) is 19.0 Å². The van der Waals surface area contributed by atoms with E-state index in [9.17, 15) is 18.0 Å². The number of benzene rings is 2. The van der Waals surface area contributed by atoms with E-state index >= 15 is 0 Å². The van der Waals surface area contributed by atoms with E-state index in [4.69, 9.17) is 17.3 Å². The van der Waals surface area contributed by atoms with Crippen molar-refractivity contribution in [2.75, 3.05) is 5.73 Å². The number of nitrogens with one attached hydrogen (secondary N) is 1. The Labute approximate surface area is 196 Å². The molecule has 0 aliphatic heterocycles. The largest absolute Gasteiger partial charge is 0.382 e. The van der Waals surface area contributed by atoms with E-state index in [0.29, 0.717) is 40.9 Å². The second kappa shape index (κ2) is 9.52. The van der Waals surface area contributed by atoms with Gasteiger partial charge in [0.2, 0.25) is 0 Å². The molecule has 2 aromatic carbocycles. The minimum atomic E-state index is -0.747. The van der Waals surface area contributed by atoms with Crippen LogP contribution in [0.15, 0.2) is 53.8 Å². The maximum atomic E-state index is 14.2. The van der Waals surface area contributed by atoms with Crippen LogP contribution in [0.5, 0.6) is 0 Å². The maximum Gasteiger partial charge on any atom is 0.264 e. The van der Waals surface area contributed by atoms with Gasteiger partial charge in [-0.3, -0.25) is 9.36 Å². The monoisotopic (exact) mass is 486 g/mol. The molecular weight excluding hydrogens is 469 g/mol. The third kappa shape index (κ3) is 4.32. The minimum absolute atomic E-state index is 0.0554. The van der Waals surface area contributed by atoms with Crippen LogP contribution in [0.25, 0.3) is 27.6 Å². The molecule has 5 aromatic rings. The van der Waals surface area contributed by atoms with Crippen LogP contribution in [-0.4, -0.2) is 24.5 Å². The Bertz CT molecular complexity index is 1570. The zero-order valence-electron chi connectivity index (χ0n) is 17.8. The first-order chi connectivity index (χ1) is 16.3. The lowest BCUT2D eigenvalue weighted by Crippen LogP contribution is -2.23. The van der Waals surface area contributed by atoms with E-state index in [1.165, 1.54) is 24.8 Å². The number of H-pyrrole nitrogens is 1. The lowest BCUT2D eigenvalue weighted by Gasteiger charge is -2.15. The summed E-state index contributed by atoms with van der Waals surface area (Å²) >= 11 is 5.94. The molecule has 34 heavy (non-hydrogen) atoms. The van der Waals surface area contributed by atoms with Gasteiger partial charge in [0.15, 0.2) is 11.5 Å². The highest BCUT2D eigenvalue weighted by Gasteiger charge is 2.18. The number of halogens is 4. The topological polar surface area (TPSA) is 102 Å². The van der Waals surface area contributed by atoms with Gasteiger partial charge in [0.25, 0.3) is 5.56 Å². The molecule has 0 saturated carbocycles. The Morgan fingerprint density at radius 2 is 1.82 bits per heavy atom. The molecule has 0 bridgehead atoms. The quantitative estimate of drug-likeness (QED) is 0.375. The standard InChI is InChI=1S/C18H13ClF3NO.C5H5N5/c1-2-3-12-8-10-4-6-14(22)17(19)16(10)18(24)23(12)15-9-11(20)5-7-13(15)21;6-4-3-5(9-1-7-3)10-2-8-4/h4-9H,2-3H2,1H3;1-2H,(H3,6,7,8,9,10). The van der Waals surface area contributed by atoms with Crippen LogP contribution in [-0.2, 0) is 6.42 Å². The summed E-state index contributed by atoms with van der Waals surface area (Å²) in [7, 11) is 0. The number of aromatic amines is 1. The molecule has 3 N–H and O–H groups in total. The van der Waals surface area contributed by atoms with Gasteiger partial charge in [-0.15, -0.1) is 0 Å². The second-order valence-electron chi connectivity index (χ2n) is 7.31. The van der Waals surface area contributed by atoms with Crippen molar-refractivity contribution in [1.82, 2.24) is 24.5 Å². The summed E-state index contributed by atoms with van der Waals surface area (Å²) in [4.78, 5) is 27.2. The van der Waals surface area contributed by atoms with Gasteiger partial charge in [-0.2, -0.15) is 0 Å². The van der Waals surface area contributed by atoms with Crippen molar-refractivity contribution in [2.45, 2.75) is 19.8 Å². The molecule has 174 valence electrons. The molecule has 0 unspecified atom stereocenters. The van der Waals surface area contributed by atoms with Crippen LogP contribution in [0, 0.1) is 17.5 Å². The molecule has 5 rings (SSSR count). The number of aromatic nitrogens is 5. The zero-order chi connectivity index (χ0) is 24.4. The van der Waals surface area contributed by atoms with E-state index in [-0.39, 0.29) is 16.1 Å². The average Bonchev–Trinajstić information content (AvgIpc) is 3.29. The van der Waals surface area contributed by atoms with Gasteiger partial charge in [-0.1, -0.05) is 31.0 Å². The van der Waals surface area contributed by atoms with Crippen LogP contribution < -0.4 is 11.3 Å². The van der Waals surface area contributed by atoms with Crippen LogP contribution >= 0.6 is 11.6 Å². The SMILES string of the molecule is CCCc1cc2ccc(F)c(Cl)c2c(=O)n1-c1cc(F)ccc1F.Nc1ncnc2nc[nH]c12. The van der Waals surface area contributed by atoms with Crippen molar-refractivity contribution in [1.29, 1.82) is 0 Å². The molecule has 7 nitrogen and oxygen atoms in total. The van der Waals surface area contributed by atoms with Crippen LogP contribution in [0.2, 0.25) is 5.02 Å². The molecule has 0 aliphatic rings. The smallest absolute Gasteiger partial charge is 0.264 e. The van der Waals surface area contributed by atoms with Crippen molar-refractivity contribution in [3.8, 4) is 5.69 Å². The average molecular weight is 487 g/mol. The van der Waals surface area contributed by atoms with Gasteiger partial charge in [-0.05, 0) is 36.1 Å². The summed E-state index contributed by atoms with van der Waals surface area (Å²) in [5, 5.41) is 0.0780. The molecule has 0 amide bonds. The normalized spacial score (nSPS) is 11.0. The summed E-state index contributed by atoms with van der Waals surface area (Å²) in [6, 6.07) is 7.13. The number of nitrogens with zero attached hydrogens (tertiary/aromatic N) is 4. The Morgan fingerprint density at radius 3 is 2.56 bits per heavy atom. The first kappa shape index (κ1) is 23.2. The highest BCUT2D eigenvalue weighted by molar-refractivity contribution is 6.35. The molecule has 0 fully saturated rings. The number of aryl methyl sites for hydroxylation is 1. The molecule has 0 atom stereocenters. The fourth-order valence-electron chi connectivity index (χ4n) is 3.53. The van der Waals surface area contributed by atoms with Crippen LogP contribution in [0.3, 0.4) is 0 Å². The Morgan fingerprint density at radius 1 is 1.06 bits per heavy atom. The Kier molecular flexibility index (Phi) is 6.51. The van der Waals surface area contributed by atoms with E-state index < -0.39 is 23.0 Å². The summed E-state index contributed by atoms with van der Waals surface area (Å²) < 4.78 is 42.6. The maximum absolute atomic E-state index is 14.2. The van der Waals surface area contributed by atoms with Gasteiger partial charge < -0.3 is 10.7 Å².